The average molecular weight is 268 g/mol. The second-order valence-electron chi connectivity index (χ2n) is 3.52. The van der Waals surface area contributed by atoms with Gasteiger partial charge in [-0.05, 0) is 23.8 Å². The van der Waals surface area contributed by atoms with E-state index in [1.54, 1.807) is 0 Å². The van der Waals surface area contributed by atoms with E-state index in [2.05, 4.69) is 0 Å². The molecule has 0 fully saturated rings. The Morgan fingerprint density at radius 3 is 1.74 bits per heavy atom. The lowest BCUT2D eigenvalue weighted by Gasteiger charge is -2.11. The van der Waals surface area contributed by atoms with Crippen LogP contribution in [0.4, 0.5) is 0 Å². The van der Waals surface area contributed by atoms with E-state index in [1.807, 2.05) is 0 Å². The molecule has 0 radical (unpaired) electrons. The van der Waals surface area contributed by atoms with Crippen LogP contribution in [0.1, 0.15) is 32.2 Å². The number of hydrogen-bond donors (Lipinski definition) is 4. The largest absolute Gasteiger partial charge is 0.480 e. The summed E-state index contributed by atoms with van der Waals surface area (Å²) in [6, 6.07) is 2.55. The molecular formula is C11H8O8. The predicted molar refractivity (Wildman–Crippen MR) is 58.4 cm³/mol. The van der Waals surface area contributed by atoms with Gasteiger partial charge in [0.25, 0.3) is 0 Å². The highest BCUT2D eigenvalue weighted by Gasteiger charge is 2.32. The van der Waals surface area contributed by atoms with Crippen molar-refractivity contribution in [1.29, 1.82) is 0 Å². The van der Waals surface area contributed by atoms with E-state index in [1.165, 1.54) is 0 Å². The van der Waals surface area contributed by atoms with Crippen molar-refractivity contribution >= 4 is 23.9 Å². The Labute approximate surface area is 105 Å². The SMILES string of the molecule is O=C(O)c1ccc(C(=O)O)c(C(C(=O)O)C(=O)O)c1. The molecule has 0 aliphatic heterocycles. The molecule has 1 rings (SSSR count). The summed E-state index contributed by atoms with van der Waals surface area (Å²) < 4.78 is 0. The molecule has 0 aromatic heterocycles. The lowest BCUT2D eigenvalue weighted by Crippen LogP contribution is -2.24. The van der Waals surface area contributed by atoms with Gasteiger partial charge in [-0.1, -0.05) is 0 Å². The molecule has 8 heteroatoms. The van der Waals surface area contributed by atoms with E-state index in [9.17, 15) is 19.2 Å². The fraction of sp³-hybridized carbons (Fsp3) is 0.0909. The first-order valence-electron chi connectivity index (χ1n) is 4.81. The molecule has 8 nitrogen and oxygen atoms in total. The van der Waals surface area contributed by atoms with Gasteiger partial charge >= 0.3 is 23.9 Å². The first kappa shape index (κ1) is 14.2. The van der Waals surface area contributed by atoms with Crippen LogP contribution in [0, 0.1) is 0 Å². The van der Waals surface area contributed by atoms with Crippen LogP contribution >= 0.6 is 0 Å². The third-order valence-corrected chi connectivity index (χ3v) is 2.33. The van der Waals surface area contributed by atoms with Gasteiger partial charge in [-0.25, -0.2) is 9.59 Å². The monoisotopic (exact) mass is 268 g/mol. The zero-order chi connectivity index (χ0) is 14.7. The Morgan fingerprint density at radius 1 is 0.842 bits per heavy atom. The fourth-order valence-corrected chi connectivity index (χ4v) is 1.50. The zero-order valence-corrected chi connectivity index (χ0v) is 9.23. The van der Waals surface area contributed by atoms with Crippen LogP contribution in [0.25, 0.3) is 0 Å². The van der Waals surface area contributed by atoms with Gasteiger partial charge in [0, 0.05) is 0 Å². The van der Waals surface area contributed by atoms with Crippen molar-refractivity contribution in [3.05, 3.63) is 34.9 Å². The van der Waals surface area contributed by atoms with Crippen LogP contribution in [-0.4, -0.2) is 44.3 Å². The molecule has 1 aromatic carbocycles. The molecule has 0 aliphatic rings. The minimum absolute atomic E-state index is 0.396. The molecule has 0 heterocycles. The Hall–Kier alpha value is -2.90. The summed E-state index contributed by atoms with van der Waals surface area (Å²) >= 11 is 0. The number of aromatic carboxylic acids is 2. The summed E-state index contributed by atoms with van der Waals surface area (Å²) in [5.74, 6) is -8.67. The maximum atomic E-state index is 10.9. The van der Waals surface area contributed by atoms with Gasteiger partial charge in [0.05, 0.1) is 11.1 Å². The highest BCUT2D eigenvalue weighted by Crippen LogP contribution is 2.23. The number of hydrogen-bond acceptors (Lipinski definition) is 4. The van der Waals surface area contributed by atoms with Crippen molar-refractivity contribution in [1.82, 2.24) is 0 Å². The van der Waals surface area contributed by atoms with Crippen LogP contribution in [0.5, 0.6) is 0 Å². The Morgan fingerprint density at radius 2 is 1.37 bits per heavy atom. The summed E-state index contributed by atoms with van der Waals surface area (Å²) in [5, 5.41) is 35.3. The minimum Gasteiger partial charge on any atom is -0.480 e. The Bertz CT molecular complexity index is 560. The molecule has 0 unspecified atom stereocenters. The first-order valence-corrected chi connectivity index (χ1v) is 4.81. The molecule has 0 bridgehead atoms. The third-order valence-electron chi connectivity index (χ3n) is 2.33. The summed E-state index contributed by atoms with van der Waals surface area (Å²) in [7, 11) is 0. The van der Waals surface area contributed by atoms with E-state index in [0.717, 1.165) is 18.2 Å². The average Bonchev–Trinajstić information content (AvgIpc) is 2.27. The number of carbonyl (C=O) groups is 4. The molecule has 0 aliphatic carbocycles. The molecule has 4 N–H and O–H groups in total. The molecular weight excluding hydrogens is 260 g/mol. The number of rotatable bonds is 5. The molecule has 0 amide bonds. The van der Waals surface area contributed by atoms with Crippen molar-refractivity contribution in [2.24, 2.45) is 0 Å². The standard InChI is InChI=1S/C11H8O8/c12-8(13)4-1-2-5(9(14)15)6(3-4)7(10(16)17)11(18)19/h1-3,7H,(H,12,13)(H,14,15)(H,16,17)(H,18,19). The fourth-order valence-electron chi connectivity index (χ4n) is 1.50. The summed E-state index contributed by atoms with van der Waals surface area (Å²) in [6.07, 6.45) is 0. The van der Waals surface area contributed by atoms with Gasteiger partial charge in [-0.2, -0.15) is 0 Å². The molecule has 19 heavy (non-hydrogen) atoms. The van der Waals surface area contributed by atoms with Gasteiger partial charge < -0.3 is 20.4 Å². The molecule has 100 valence electrons. The highest BCUT2D eigenvalue weighted by molar-refractivity contribution is 6.03. The Kier molecular flexibility index (Phi) is 3.85. The van der Waals surface area contributed by atoms with Crippen molar-refractivity contribution in [2.45, 2.75) is 5.92 Å². The van der Waals surface area contributed by atoms with Crippen molar-refractivity contribution < 1.29 is 39.6 Å². The maximum absolute atomic E-state index is 10.9. The lowest BCUT2D eigenvalue weighted by atomic mass is 9.92. The number of carboxylic acids is 4. The maximum Gasteiger partial charge on any atom is 0.336 e. The molecule has 1 aromatic rings. The van der Waals surface area contributed by atoms with Gasteiger partial charge in [-0.15, -0.1) is 0 Å². The van der Waals surface area contributed by atoms with Crippen molar-refractivity contribution in [2.75, 3.05) is 0 Å². The quantitative estimate of drug-likeness (QED) is 0.558. The number of carboxylic acid groups (broad SMARTS) is 4. The minimum atomic E-state index is -2.15. The Balaban J connectivity index is 3.55. The van der Waals surface area contributed by atoms with Crippen LogP contribution in [-0.2, 0) is 9.59 Å². The van der Waals surface area contributed by atoms with Crippen LogP contribution in [0.2, 0.25) is 0 Å². The van der Waals surface area contributed by atoms with E-state index in [-0.39, 0.29) is 0 Å². The van der Waals surface area contributed by atoms with Gasteiger partial charge in [0.1, 0.15) is 0 Å². The highest BCUT2D eigenvalue weighted by atomic mass is 16.4. The van der Waals surface area contributed by atoms with Crippen LogP contribution in [0.3, 0.4) is 0 Å². The van der Waals surface area contributed by atoms with Gasteiger partial charge in [0.15, 0.2) is 5.92 Å². The van der Waals surface area contributed by atoms with Crippen molar-refractivity contribution in [3.8, 4) is 0 Å². The van der Waals surface area contributed by atoms with E-state index in [4.69, 9.17) is 20.4 Å². The number of aliphatic carboxylic acids is 2. The van der Waals surface area contributed by atoms with Crippen molar-refractivity contribution in [3.63, 3.8) is 0 Å². The summed E-state index contributed by atoms with van der Waals surface area (Å²) in [4.78, 5) is 43.4. The molecule has 0 atom stereocenters. The first-order chi connectivity index (χ1) is 8.75. The molecule has 0 spiro atoms. The normalized spacial score (nSPS) is 10.2. The third kappa shape index (κ3) is 2.86. The second-order valence-corrected chi connectivity index (χ2v) is 3.52. The van der Waals surface area contributed by atoms with Crippen LogP contribution < -0.4 is 0 Å². The van der Waals surface area contributed by atoms with Crippen LogP contribution in [0.15, 0.2) is 18.2 Å². The number of benzene rings is 1. The molecule has 0 saturated heterocycles. The van der Waals surface area contributed by atoms with Gasteiger partial charge in [-0.3, -0.25) is 9.59 Å². The molecule has 0 saturated carbocycles. The summed E-state index contributed by atoms with van der Waals surface area (Å²) in [6.45, 7) is 0. The second kappa shape index (κ2) is 5.17. The van der Waals surface area contributed by atoms with E-state index >= 15 is 0 Å². The van der Waals surface area contributed by atoms with E-state index < -0.39 is 46.5 Å². The van der Waals surface area contributed by atoms with E-state index in [0.29, 0.717) is 0 Å². The topological polar surface area (TPSA) is 149 Å². The lowest BCUT2D eigenvalue weighted by molar-refractivity contribution is -0.150. The zero-order valence-electron chi connectivity index (χ0n) is 9.23. The summed E-state index contributed by atoms with van der Waals surface area (Å²) in [5.41, 5.74) is -1.56. The van der Waals surface area contributed by atoms with Gasteiger partial charge in [0.2, 0.25) is 0 Å². The predicted octanol–water partition coefficient (Wildman–Crippen LogP) is 0.336. The smallest absolute Gasteiger partial charge is 0.336 e.